The van der Waals surface area contributed by atoms with E-state index in [0.717, 1.165) is 11.1 Å². The molecule has 0 spiro atoms. The summed E-state index contributed by atoms with van der Waals surface area (Å²) >= 11 is 5.87. The van der Waals surface area contributed by atoms with Crippen LogP contribution in [0.15, 0.2) is 47.6 Å². The van der Waals surface area contributed by atoms with Crippen molar-refractivity contribution >= 4 is 23.7 Å². The van der Waals surface area contributed by atoms with Crippen molar-refractivity contribution in [2.24, 2.45) is 5.10 Å². The zero-order chi connectivity index (χ0) is 15.2. The highest BCUT2D eigenvalue weighted by Crippen LogP contribution is 2.10. The third-order valence-electron chi connectivity index (χ3n) is 3.19. The van der Waals surface area contributed by atoms with E-state index >= 15 is 0 Å². The highest BCUT2D eigenvalue weighted by atomic mass is 35.5. The lowest BCUT2D eigenvalue weighted by Crippen LogP contribution is -2.19. The van der Waals surface area contributed by atoms with E-state index in [4.69, 9.17) is 11.6 Å². The summed E-state index contributed by atoms with van der Waals surface area (Å²) in [4.78, 5) is 11.8. The molecule has 0 unspecified atom stereocenters. The van der Waals surface area contributed by atoms with Crippen molar-refractivity contribution in [3.63, 3.8) is 0 Å². The SMILES string of the molecule is Cc1ccc(CC(=O)N/N=C\c2cccc(Cl)c2)cc1C. The molecule has 0 fully saturated rings. The molecule has 0 radical (unpaired) electrons. The van der Waals surface area contributed by atoms with Gasteiger partial charge in [-0.1, -0.05) is 41.9 Å². The molecule has 0 atom stereocenters. The van der Waals surface area contributed by atoms with Crippen LogP contribution in [0.2, 0.25) is 5.02 Å². The first kappa shape index (κ1) is 15.3. The Labute approximate surface area is 129 Å². The number of hydrogen-bond donors (Lipinski definition) is 1. The maximum Gasteiger partial charge on any atom is 0.244 e. The number of carbonyl (C=O) groups excluding carboxylic acids is 1. The van der Waals surface area contributed by atoms with E-state index in [9.17, 15) is 4.79 Å². The lowest BCUT2D eigenvalue weighted by Gasteiger charge is -2.04. The van der Waals surface area contributed by atoms with Crippen LogP contribution < -0.4 is 5.43 Å². The molecule has 1 amide bonds. The van der Waals surface area contributed by atoms with Crippen LogP contribution in [0, 0.1) is 13.8 Å². The molecule has 108 valence electrons. The third-order valence-corrected chi connectivity index (χ3v) is 3.42. The maximum atomic E-state index is 11.8. The highest BCUT2D eigenvalue weighted by molar-refractivity contribution is 6.30. The normalized spacial score (nSPS) is 10.8. The predicted octanol–water partition coefficient (Wildman–Crippen LogP) is 3.65. The van der Waals surface area contributed by atoms with Crippen LogP contribution in [-0.2, 0) is 11.2 Å². The van der Waals surface area contributed by atoms with Gasteiger partial charge >= 0.3 is 0 Å². The van der Waals surface area contributed by atoms with Gasteiger partial charge in [-0.3, -0.25) is 4.79 Å². The molecule has 2 aromatic carbocycles. The Morgan fingerprint density at radius 1 is 1.19 bits per heavy atom. The van der Waals surface area contributed by atoms with Gasteiger partial charge in [0.15, 0.2) is 0 Å². The second kappa shape index (κ2) is 7.04. The van der Waals surface area contributed by atoms with Crippen LogP contribution in [-0.4, -0.2) is 12.1 Å². The number of benzene rings is 2. The molecule has 0 aliphatic carbocycles. The minimum atomic E-state index is -0.142. The Balaban J connectivity index is 1.91. The summed E-state index contributed by atoms with van der Waals surface area (Å²) in [5.74, 6) is -0.142. The highest BCUT2D eigenvalue weighted by Gasteiger charge is 2.03. The Morgan fingerprint density at radius 2 is 2.00 bits per heavy atom. The number of aryl methyl sites for hydroxylation is 2. The van der Waals surface area contributed by atoms with E-state index in [0.29, 0.717) is 11.4 Å². The van der Waals surface area contributed by atoms with Crippen molar-refractivity contribution in [2.75, 3.05) is 0 Å². The van der Waals surface area contributed by atoms with Crippen molar-refractivity contribution in [2.45, 2.75) is 20.3 Å². The van der Waals surface area contributed by atoms with Gasteiger partial charge in [-0.2, -0.15) is 5.10 Å². The second-order valence-electron chi connectivity index (χ2n) is 4.94. The van der Waals surface area contributed by atoms with Crippen molar-refractivity contribution in [1.29, 1.82) is 0 Å². The zero-order valence-electron chi connectivity index (χ0n) is 12.1. The van der Waals surface area contributed by atoms with Crippen molar-refractivity contribution in [1.82, 2.24) is 5.43 Å². The number of hydrazone groups is 1. The molecule has 21 heavy (non-hydrogen) atoms. The summed E-state index contributed by atoms with van der Waals surface area (Å²) in [5.41, 5.74) is 6.75. The molecular weight excluding hydrogens is 284 g/mol. The van der Waals surface area contributed by atoms with Gasteiger partial charge in [0, 0.05) is 5.02 Å². The van der Waals surface area contributed by atoms with E-state index in [1.807, 2.05) is 37.3 Å². The van der Waals surface area contributed by atoms with E-state index in [1.165, 1.54) is 11.1 Å². The first-order valence-electron chi connectivity index (χ1n) is 6.68. The largest absolute Gasteiger partial charge is 0.273 e. The number of hydrogen-bond acceptors (Lipinski definition) is 2. The monoisotopic (exact) mass is 300 g/mol. The molecule has 0 aliphatic heterocycles. The molecular formula is C17H17ClN2O. The van der Waals surface area contributed by atoms with E-state index in [2.05, 4.69) is 17.5 Å². The lowest BCUT2D eigenvalue weighted by molar-refractivity contribution is -0.120. The Kier molecular flexibility index (Phi) is 5.12. The van der Waals surface area contributed by atoms with Crippen LogP contribution in [0.3, 0.4) is 0 Å². The summed E-state index contributed by atoms with van der Waals surface area (Å²) in [7, 11) is 0. The zero-order valence-corrected chi connectivity index (χ0v) is 12.8. The molecule has 0 saturated carbocycles. The average Bonchev–Trinajstić information content (AvgIpc) is 2.43. The number of amides is 1. The quantitative estimate of drug-likeness (QED) is 0.679. The van der Waals surface area contributed by atoms with Gasteiger partial charge in [0.2, 0.25) is 5.91 Å². The first-order valence-corrected chi connectivity index (χ1v) is 7.06. The van der Waals surface area contributed by atoms with Gasteiger partial charge in [-0.15, -0.1) is 0 Å². The summed E-state index contributed by atoms with van der Waals surface area (Å²) in [6, 6.07) is 13.3. The first-order chi connectivity index (χ1) is 10.0. The molecule has 2 rings (SSSR count). The van der Waals surface area contributed by atoms with Crippen LogP contribution in [0.4, 0.5) is 0 Å². The standard InChI is InChI=1S/C17H17ClN2O/c1-12-6-7-14(8-13(12)2)10-17(21)20-19-11-15-4-3-5-16(18)9-15/h3-9,11H,10H2,1-2H3,(H,20,21)/b19-11-. The molecule has 2 aromatic rings. The van der Waals surface area contributed by atoms with Crippen LogP contribution in [0.5, 0.6) is 0 Å². The van der Waals surface area contributed by atoms with Gasteiger partial charge in [0.1, 0.15) is 0 Å². The molecule has 0 heterocycles. The van der Waals surface area contributed by atoms with Gasteiger partial charge in [0.05, 0.1) is 12.6 Å². The Bertz CT molecular complexity index is 680. The topological polar surface area (TPSA) is 41.5 Å². The summed E-state index contributed by atoms with van der Waals surface area (Å²) < 4.78 is 0. The van der Waals surface area contributed by atoms with Gasteiger partial charge < -0.3 is 0 Å². The molecule has 0 bridgehead atoms. The van der Waals surface area contributed by atoms with Gasteiger partial charge in [-0.05, 0) is 48.2 Å². The van der Waals surface area contributed by atoms with E-state index in [1.54, 1.807) is 18.3 Å². The fraction of sp³-hybridized carbons (Fsp3) is 0.176. The number of halogens is 1. The summed E-state index contributed by atoms with van der Waals surface area (Å²) in [5, 5.41) is 4.57. The fourth-order valence-corrected chi connectivity index (χ4v) is 2.10. The molecule has 4 heteroatoms. The number of nitrogens with zero attached hydrogens (tertiary/aromatic N) is 1. The van der Waals surface area contributed by atoms with Crippen molar-refractivity contribution < 1.29 is 4.79 Å². The smallest absolute Gasteiger partial charge is 0.244 e. The molecule has 0 aliphatic rings. The molecule has 0 aromatic heterocycles. The fourth-order valence-electron chi connectivity index (χ4n) is 1.90. The van der Waals surface area contributed by atoms with Crippen molar-refractivity contribution in [3.8, 4) is 0 Å². The number of rotatable bonds is 4. The van der Waals surface area contributed by atoms with E-state index in [-0.39, 0.29) is 5.91 Å². The molecule has 1 N–H and O–H groups in total. The van der Waals surface area contributed by atoms with E-state index < -0.39 is 0 Å². The minimum Gasteiger partial charge on any atom is -0.273 e. The maximum absolute atomic E-state index is 11.8. The Morgan fingerprint density at radius 3 is 2.71 bits per heavy atom. The van der Waals surface area contributed by atoms with Crippen LogP contribution in [0.25, 0.3) is 0 Å². The number of nitrogens with one attached hydrogen (secondary N) is 1. The lowest BCUT2D eigenvalue weighted by atomic mass is 10.0. The minimum absolute atomic E-state index is 0.142. The second-order valence-corrected chi connectivity index (χ2v) is 5.38. The summed E-state index contributed by atoms with van der Waals surface area (Å²) in [6.45, 7) is 4.09. The molecule has 0 saturated heterocycles. The van der Waals surface area contributed by atoms with Gasteiger partial charge in [-0.25, -0.2) is 5.43 Å². The van der Waals surface area contributed by atoms with Crippen LogP contribution in [0.1, 0.15) is 22.3 Å². The summed E-state index contributed by atoms with van der Waals surface area (Å²) in [6.07, 6.45) is 1.89. The number of carbonyl (C=O) groups is 1. The van der Waals surface area contributed by atoms with Crippen molar-refractivity contribution in [3.05, 3.63) is 69.7 Å². The molecule has 3 nitrogen and oxygen atoms in total. The van der Waals surface area contributed by atoms with Gasteiger partial charge in [0.25, 0.3) is 0 Å². The third kappa shape index (κ3) is 4.72. The van der Waals surface area contributed by atoms with Crippen LogP contribution >= 0.6 is 11.6 Å². The average molecular weight is 301 g/mol. The predicted molar refractivity (Wildman–Crippen MR) is 86.8 cm³/mol. The Hall–Kier alpha value is -2.13.